The molecule has 4 nitrogen and oxygen atoms in total. The van der Waals surface area contributed by atoms with Gasteiger partial charge in [0.05, 0.1) is 0 Å². The summed E-state index contributed by atoms with van der Waals surface area (Å²) < 4.78 is 0. The molecule has 1 aromatic carbocycles. The van der Waals surface area contributed by atoms with Crippen LogP contribution in [0.15, 0.2) is 30.3 Å². The molecule has 0 bridgehead atoms. The second-order valence-electron chi connectivity index (χ2n) is 2.59. The highest BCUT2D eigenvalue weighted by atomic mass is 16.4. The van der Waals surface area contributed by atoms with Crippen molar-refractivity contribution >= 4 is 12.6 Å². The van der Waals surface area contributed by atoms with Crippen LogP contribution in [0.3, 0.4) is 0 Å². The van der Waals surface area contributed by atoms with Crippen molar-refractivity contribution in [1.82, 2.24) is 0 Å². The molecular weight excluding hydrogens is 183 g/mol. The Hall–Kier alpha value is -0.875. The van der Waals surface area contributed by atoms with E-state index in [0.717, 1.165) is 0 Å². The third kappa shape index (κ3) is 6.62. The van der Waals surface area contributed by atoms with Crippen LogP contribution in [0.25, 0.3) is 0 Å². The molecule has 1 rings (SSSR count). The van der Waals surface area contributed by atoms with Gasteiger partial charge in [0.2, 0.25) is 0 Å². The molecule has 0 heterocycles. The second kappa shape index (κ2) is 8.71. The fourth-order valence-electron chi connectivity index (χ4n) is 0.696. The van der Waals surface area contributed by atoms with Crippen LogP contribution in [0.4, 0.5) is 0 Å². The third-order valence-electron chi connectivity index (χ3n) is 1.41. The molecule has 0 fully saturated rings. The minimum atomic E-state index is -1.34. The zero-order chi connectivity index (χ0) is 10.8. The van der Waals surface area contributed by atoms with Gasteiger partial charge in [-0.05, 0) is 11.9 Å². The number of hydrogen-bond acceptors (Lipinski definition) is 4. The van der Waals surface area contributed by atoms with Crippen molar-refractivity contribution in [3.63, 3.8) is 0 Å². The van der Waals surface area contributed by atoms with Gasteiger partial charge in [-0.25, -0.2) is 0 Å². The van der Waals surface area contributed by atoms with Crippen LogP contribution in [0, 0.1) is 0 Å². The molecule has 0 radical (unpaired) electrons. The summed E-state index contributed by atoms with van der Waals surface area (Å²) in [5.41, 5.74) is 0.525. The monoisotopic (exact) mass is 198 g/mol. The van der Waals surface area contributed by atoms with Gasteiger partial charge in [0.25, 0.3) is 0 Å². The number of benzene rings is 1. The summed E-state index contributed by atoms with van der Waals surface area (Å²) in [6, 6.07) is 8.66. The zero-order valence-corrected chi connectivity index (χ0v) is 7.87. The van der Waals surface area contributed by atoms with E-state index in [2.05, 4.69) is 0 Å². The van der Waals surface area contributed by atoms with Gasteiger partial charge in [-0.2, -0.15) is 0 Å². The Kier molecular flexibility index (Phi) is 8.17. The normalized spacial score (nSPS) is 8.86. The van der Waals surface area contributed by atoms with Crippen LogP contribution in [-0.4, -0.2) is 40.6 Å². The lowest BCUT2D eigenvalue weighted by Crippen LogP contribution is -2.29. The topological polar surface area (TPSA) is 80.9 Å². The summed E-state index contributed by atoms with van der Waals surface area (Å²) in [5, 5.41) is 33.0. The fourth-order valence-corrected chi connectivity index (χ4v) is 0.696. The van der Waals surface area contributed by atoms with Gasteiger partial charge >= 0.3 is 7.12 Å². The molecule has 0 aliphatic carbocycles. The van der Waals surface area contributed by atoms with E-state index in [4.69, 9.17) is 20.3 Å². The number of rotatable bonds is 3. The third-order valence-corrected chi connectivity index (χ3v) is 1.41. The first-order valence-corrected chi connectivity index (χ1v) is 4.35. The van der Waals surface area contributed by atoms with Crippen LogP contribution < -0.4 is 5.46 Å². The van der Waals surface area contributed by atoms with Gasteiger partial charge in [-0.3, -0.25) is 0 Å². The van der Waals surface area contributed by atoms with Gasteiger partial charge < -0.3 is 20.3 Å². The average Bonchev–Trinajstić information content (AvgIpc) is 2.21. The smallest absolute Gasteiger partial charge is 0.423 e. The van der Waals surface area contributed by atoms with Crippen LogP contribution in [0.1, 0.15) is 6.42 Å². The summed E-state index contributed by atoms with van der Waals surface area (Å²) in [6.45, 7) is 0.188. The minimum absolute atomic E-state index is 0.0938. The maximum absolute atomic E-state index is 8.58. The van der Waals surface area contributed by atoms with Crippen molar-refractivity contribution in [2.24, 2.45) is 0 Å². The van der Waals surface area contributed by atoms with Crippen LogP contribution in [0.2, 0.25) is 0 Å². The summed E-state index contributed by atoms with van der Waals surface area (Å²) >= 11 is 0. The first kappa shape index (κ1) is 13.1. The Morgan fingerprint density at radius 2 is 1.43 bits per heavy atom. The highest BCUT2D eigenvalue weighted by Gasteiger charge is 2.07. The predicted octanol–water partition coefficient (Wildman–Crippen LogP) is -1.27. The summed E-state index contributed by atoms with van der Waals surface area (Å²) in [6.07, 6.45) is 0.500. The molecule has 1 aromatic rings. The molecule has 78 valence electrons. The van der Waals surface area contributed by atoms with Gasteiger partial charge in [0, 0.05) is 13.2 Å². The molecule has 5 heteroatoms. The van der Waals surface area contributed by atoms with Crippen molar-refractivity contribution in [3.05, 3.63) is 30.3 Å². The van der Waals surface area contributed by atoms with Gasteiger partial charge in [0.15, 0.2) is 0 Å². The standard InChI is InChI=1S/C6H7BO2.C3H8O2/c8-7(9)6-4-2-1-3-5-6;4-2-1-3-5/h1-5,8-9H;4-5H,1-3H2. The van der Waals surface area contributed by atoms with Crippen LogP contribution >= 0.6 is 0 Å². The van der Waals surface area contributed by atoms with E-state index >= 15 is 0 Å². The lowest BCUT2D eigenvalue weighted by atomic mass is 9.81. The highest BCUT2D eigenvalue weighted by molar-refractivity contribution is 6.58. The molecule has 0 aromatic heterocycles. The van der Waals surface area contributed by atoms with E-state index in [-0.39, 0.29) is 13.2 Å². The quantitative estimate of drug-likeness (QED) is 0.456. The first-order chi connectivity index (χ1) is 6.72. The van der Waals surface area contributed by atoms with Crippen LogP contribution in [-0.2, 0) is 0 Å². The Labute approximate surface area is 83.6 Å². The SMILES string of the molecule is OB(O)c1ccccc1.OCCCO. The summed E-state index contributed by atoms with van der Waals surface area (Å²) in [4.78, 5) is 0. The average molecular weight is 198 g/mol. The predicted molar refractivity (Wildman–Crippen MR) is 55.1 cm³/mol. The molecule has 0 saturated heterocycles. The molecule has 0 amide bonds. The largest absolute Gasteiger partial charge is 0.488 e. The zero-order valence-electron chi connectivity index (χ0n) is 7.87. The Balaban J connectivity index is 0.000000292. The van der Waals surface area contributed by atoms with E-state index in [0.29, 0.717) is 11.9 Å². The Morgan fingerprint density at radius 3 is 1.64 bits per heavy atom. The van der Waals surface area contributed by atoms with E-state index in [1.165, 1.54) is 0 Å². The molecule has 0 saturated carbocycles. The Bertz CT molecular complexity index is 213. The maximum atomic E-state index is 8.58. The summed E-state index contributed by atoms with van der Waals surface area (Å²) in [7, 11) is -1.34. The van der Waals surface area contributed by atoms with E-state index in [1.807, 2.05) is 6.07 Å². The minimum Gasteiger partial charge on any atom is -0.423 e. The van der Waals surface area contributed by atoms with Gasteiger partial charge in [0.1, 0.15) is 0 Å². The van der Waals surface area contributed by atoms with Gasteiger partial charge in [-0.15, -0.1) is 0 Å². The van der Waals surface area contributed by atoms with Gasteiger partial charge in [-0.1, -0.05) is 30.3 Å². The van der Waals surface area contributed by atoms with E-state index in [1.54, 1.807) is 24.3 Å². The van der Waals surface area contributed by atoms with E-state index < -0.39 is 7.12 Å². The van der Waals surface area contributed by atoms with Crippen LogP contribution in [0.5, 0.6) is 0 Å². The molecule has 4 N–H and O–H groups in total. The van der Waals surface area contributed by atoms with Crippen molar-refractivity contribution in [3.8, 4) is 0 Å². The van der Waals surface area contributed by atoms with Crippen molar-refractivity contribution < 1.29 is 20.3 Å². The number of aliphatic hydroxyl groups excluding tert-OH is 2. The fraction of sp³-hybridized carbons (Fsp3) is 0.333. The van der Waals surface area contributed by atoms with E-state index in [9.17, 15) is 0 Å². The van der Waals surface area contributed by atoms with Crippen molar-refractivity contribution in [2.75, 3.05) is 13.2 Å². The molecule has 0 aliphatic rings. The van der Waals surface area contributed by atoms with Crippen molar-refractivity contribution in [1.29, 1.82) is 0 Å². The lowest BCUT2D eigenvalue weighted by Gasteiger charge is -1.94. The number of aliphatic hydroxyl groups is 2. The maximum Gasteiger partial charge on any atom is 0.488 e. The summed E-state index contributed by atoms with van der Waals surface area (Å²) in [5.74, 6) is 0. The number of hydrogen-bond donors (Lipinski definition) is 4. The molecular formula is C9H15BO4. The molecule has 0 spiro atoms. The second-order valence-corrected chi connectivity index (χ2v) is 2.59. The lowest BCUT2D eigenvalue weighted by molar-refractivity contribution is 0.221. The highest BCUT2D eigenvalue weighted by Crippen LogP contribution is 1.82. The molecule has 0 unspecified atom stereocenters. The first-order valence-electron chi connectivity index (χ1n) is 4.35. The molecule has 0 atom stereocenters. The molecule has 0 aliphatic heterocycles. The van der Waals surface area contributed by atoms with Crippen molar-refractivity contribution in [2.45, 2.75) is 6.42 Å². The molecule has 14 heavy (non-hydrogen) atoms. The Morgan fingerprint density at radius 1 is 0.929 bits per heavy atom.